The van der Waals surface area contributed by atoms with Gasteiger partial charge in [-0.25, -0.2) is 4.79 Å². The van der Waals surface area contributed by atoms with Crippen LogP contribution in [0.5, 0.6) is 11.5 Å². The number of rotatable bonds is 12. The van der Waals surface area contributed by atoms with E-state index < -0.39 is 0 Å². The molecule has 0 unspecified atom stereocenters. The van der Waals surface area contributed by atoms with Crippen LogP contribution >= 0.6 is 0 Å². The molecule has 124 valence electrons. The van der Waals surface area contributed by atoms with E-state index in [2.05, 4.69) is 6.92 Å². The Morgan fingerprint density at radius 1 is 0.955 bits per heavy atom. The van der Waals surface area contributed by atoms with Crippen LogP contribution in [0.1, 0.15) is 64.7 Å². The van der Waals surface area contributed by atoms with Crippen molar-refractivity contribution in [3.05, 3.63) is 24.3 Å². The van der Waals surface area contributed by atoms with Crippen molar-refractivity contribution in [1.82, 2.24) is 0 Å². The van der Waals surface area contributed by atoms with Crippen molar-refractivity contribution >= 4 is 5.97 Å². The first-order chi connectivity index (χ1) is 10.8. The SMILES string of the molecule is CCCCCCCCCCC(=O)OOc1cccc(OC)c1. The number of unbranched alkanes of at least 4 members (excludes halogenated alkanes) is 7. The molecule has 0 radical (unpaired) electrons. The second-order valence-corrected chi connectivity index (χ2v) is 5.44. The first-order valence-electron chi connectivity index (χ1n) is 8.27. The average Bonchev–Trinajstić information content (AvgIpc) is 2.55. The Bertz CT molecular complexity index is 417. The molecule has 0 fully saturated rings. The molecule has 22 heavy (non-hydrogen) atoms. The van der Waals surface area contributed by atoms with Crippen LogP contribution in [0.4, 0.5) is 0 Å². The minimum atomic E-state index is -0.325. The summed E-state index contributed by atoms with van der Waals surface area (Å²) in [6.07, 6.45) is 10.0. The molecule has 0 aliphatic heterocycles. The van der Waals surface area contributed by atoms with E-state index in [0.717, 1.165) is 12.8 Å². The topological polar surface area (TPSA) is 44.8 Å². The predicted molar refractivity (Wildman–Crippen MR) is 86.9 cm³/mol. The third-order valence-corrected chi connectivity index (χ3v) is 3.51. The predicted octanol–water partition coefficient (Wildman–Crippen LogP) is 5.06. The van der Waals surface area contributed by atoms with E-state index in [1.54, 1.807) is 31.4 Å². The molecule has 0 aliphatic rings. The Hall–Kier alpha value is -1.71. The summed E-state index contributed by atoms with van der Waals surface area (Å²) in [6.45, 7) is 2.22. The summed E-state index contributed by atoms with van der Waals surface area (Å²) in [5.41, 5.74) is 0. The Morgan fingerprint density at radius 2 is 1.59 bits per heavy atom. The third kappa shape index (κ3) is 8.55. The summed E-state index contributed by atoms with van der Waals surface area (Å²) in [5, 5.41) is 0. The summed E-state index contributed by atoms with van der Waals surface area (Å²) in [7, 11) is 1.58. The molecule has 1 aromatic carbocycles. The van der Waals surface area contributed by atoms with Gasteiger partial charge in [0.25, 0.3) is 0 Å². The lowest BCUT2D eigenvalue weighted by Crippen LogP contribution is -2.07. The smallest absolute Gasteiger partial charge is 0.355 e. The highest BCUT2D eigenvalue weighted by molar-refractivity contribution is 5.68. The van der Waals surface area contributed by atoms with Crippen molar-refractivity contribution in [2.24, 2.45) is 0 Å². The fourth-order valence-corrected chi connectivity index (χ4v) is 2.19. The largest absolute Gasteiger partial charge is 0.497 e. The van der Waals surface area contributed by atoms with Crippen molar-refractivity contribution in [2.75, 3.05) is 7.11 Å². The average molecular weight is 308 g/mol. The molecule has 0 atom stereocenters. The zero-order chi connectivity index (χ0) is 16.0. The van der Waals surface area contributed by atoms with E-state index >= 15 is 0 Å². The molecule has 1 rings (SSSR count). The van der Waals surface area contributed by atoms with Gasteiger partial charge in [-0.05, 0) is 18.6 Å². The van der Waals surface area contributed by atoms with Gasteiger partial charge in [-0.2, -0.15) is 0 Å². The minimum absolute atomic E-state index is 0.325. The van der Waals surface area contributed by atoms with Crippen LogP contribution < -0.4 is 9.62 Å². The highest BCUT2D eigenvalue weighted by Crippen LogP contribution is 2.19. The van der Waals surface area contributed by atoms with Crippen molar-refractivity contribution in [3.8, 4) is 11.5 Å². The van der Waals surface area contributed by atoms with Crippen molar-refractivity contribution in [2.45, 2.75) is 64.7 Å². The molecule has 0 aromatic heterocycles. The van der Waals surface area contributed by atoms with Gasteiger partial charge in [0.1, 0.15) is 5.75 Å². The van der Waals surface area contributed by atoms with Gasteiger partial charge in [-0.15, -0.1) is 0 Å². The van der Waals surface area contributed by atoms with E-state index in [1.807, 2.05) is 0 Å². The number of carbonyl (C=O) groups excluding carboxylic acids is 1. The van der Waals surface area contributed by atoms with Gasteiger partial charge in [0, 0.05) is 6.07 Å². The fraction of sp³-hybridized carbons (Fsp3) is 0.611. The Labute approximate surface area is 133 Å². The minimum Gasteiger partial charge on any atom is -0.497 e. The fourth-order valence-electron chi connectivity index (χ4n) is 2.19. The molecule has 0 N–H and O–H groups in total. The van der Waals surface area contributed by atoms with Crippen molar-refractivity contribution in [1.29, 1.82) is 0 Å². The summed E-state index contributed by atoms with van der Waals surface area (Å²) >= 11 is 0. The van der Waals surface area contributed by atoms with Crippen molar-refractivity contribution in [3.63, 3.8) is 0 Å². The molecule has 4 heteroatoms. The summed E-state index contributed by atoms with van der Waals surface area (Å²) in [6, 6.07) is 6.96. The van der Waals surface area contributed by atoms with Crippen LogP contribution in [0.25, 0.3) is 0 Å². The van der Waals surface area contributed by atoms with E-state index in [-0.39, 0.29) is 5.97 Å². The second kappa shape index (κ2) is 11.9. The number of methoxy groups -OCH3 is 1. The van der Waals surface area contributed by atoms with Gasteiger partial charge in [0.05, 0.1) is 13.5 Å². The van der Waals surface area contributed by atoms with Gasteiger partial charge in [-0.1, -0.05) is 57.9 Å². The molecule has 0 saturated carbocycles. The quantitative estimate of drug-likeness (QED) is 0.307. The number of carbonyl (C=O) groups is 1. The zero-order valence-corrected chi connectivity index (χ0v) is 13.8. The molecule has 0 aliphatic carbocycles. The molecule has 0 heterocycles. The van der Waals surface area contributed by atoms with Crippen LogP contribution in [0.15, 0.2) is 24.3 Å². The van der Waals surface area contributed by atoms with Crippen LogP contribution in [-0.4, -0.2) is 13.1 Å². The lowest BCUT2D eigenvalue weighted by Gasteiger charge is -2.06. The molecular formula is C18H28O4. The van der Waals surface area contributed by atoms with E-state index in [9.17, 15) is 4.79 Å². The number of benzene rings is 1. The second-order valence-electron chi connectivity index (χ2n) is 5.44. The maximum atomic E-state index is 11.6. The molecule has 0 saturated heterocycles. The third-order valence-electron chi connectivity index (χ3n) is 3.51. The monoisotopic (exact) mass is 308 g/mol. The number of hydrogen-bond acceptors (Lipinski definition) is 4. The Kier molecular flexibility index (Phi) is 9.92. The molecule has 0 bridgehead atoms. The lowest BCUT2D eigenvalue weighted by atomic mass is 10.1. The zero-order valence-electron chi connectivity index (χ0n) is 13.8. The maximum Gasteiger partial charge on any atom is 0.355 e. The molecule has 0 amide bonds. The first kappa shape index (κ1) is 18.3. The number of ether oxygens (including phenoxy) is 1. The van der Waals surface area contributed by atoms with Gasteiger partial charge < -0.3 is 4.74 Å². The van der Waals surface area contributed by atoms with Gasteiger partial charge in [0.15, 0.2) is 5.75 Å². The Morgan fingerprint density at radius 3 is 2.27 bits per heavy atom. The lowest BCUT2D eigenvalue weighted by molar-refractivity contribution is -0.213. The standard InChI is InChI=1S/C18H28O4/c1-3-4-5-6-7-8-9-10-14-18(19)22-21-17-13-11-12-16(15-17)20-2/h11-13,15H,3-10,14H2,1-2H3. The number of hydrogen-bond donors (Lipinski definition) is 0. The van der Waals surface area contributed by atoms with Crippen molar-refractivity contribution < 1.29 is 19.3 Å². The van der Waals surface area contributed by atoms with Gasteiger partial charge >= 0.3 is 5.97 Å². The van der Waals surface area contributed by atoms with Crippen LogP contribution in [-0.2, 0) is 9.68 Å². The molecule has 0 spiro atoms. The highest BCUT2D eigenvalue weighted by atomic mass is 17.2. The molecule has 4 nitrogen and oxygen atoms in total. The van der Waals surface area contributed by atoms with E-state index in [1.165, 1.54) is 38.5 Å². The molecular weight excluding hydrogens is 280 g/mol. The van der Waals surface area contributed by atoms with Crippen LogP contribution in [0.3, 0.4) is 0 Å². The van der Waals surface area contributed by atoms with Crippen LogP contribution in [0, 0.1) is 0 Å². The Balaban J connectivity index is 2.03. The highest BCUT2D eigenvalue weighted by Gasteiger charge is 2.06. The van der Waals surface area contributed by atoms with E-state index in [0.29, 0.717) is 17.9 Å². The van der Waals surface area contributed by atoms with Gasteiger partial charge in [0.2, 0.25) is 0 Å². The summed E-state index contributed by atoms with van der Waals surface area (Å²) < 4.78 is 5.07. The summed E-state index contributed by atoms with van der Waals surface area (Å²) in [4.78, 5) is 21.4. The maximum absolute atomic E-state index is 11.6. The first-order valence-corrected chi connectivity index (χ1v) is 8.27. The molecule has 1 aromatic rings. The van der Waals surface area contributed by atoms with Gasteiger partial charge in [-0.3, -0.25) is 9.78 Å². The van der Waals surface area contributed by atoms with Crippen LogP contribution in [0.2, 0.25) is 0 Å². The van der Waals surface area contributed by atoms with E-state index in [4.69, 9.17) is 14.5 Å². The summed E-state index contributed by atoms with van der Waals surface area (Å²) in [5.74, 6) is 0.800. The normalized spacial score (nSPS) is 10.3.